The summed E-state index contributed by atoms with van der Waals surface area (Å²) in [7, 11) is 1.88. The lowest BCUT2D eigenvalue weighted by atomic mass is 10.1. The van der Waals surface area contributed by atoms with E-state index >= 15 is 0 Å². The minimum atomic E-state index is 0.0229. The third kappa shape index (κ3) is 5.26. The van der Waals surface area contributed by atoms with E-state index in [-0.39, 0.29) is 12.0 Å². The number of amides is 1. The molecule has 1 atom stereocenters. The highest BCUT2D eigenvalue weighted by Gasteiger charge is 2.23. The van der Waals surface area contributed by atoms with E-state index in [1.807, 2.05) is 14.0 Å². The van der Waals surface area contributed by atoms with Gasteiger partial charge in [0.15, 0.2) is 0 Å². The molecule has 1 amide bonds. The Kier molecular flexibility index (Phi) is 6.45. The molecule has 140 valence electrons. The number of hydrogen-bond donors (Lipinski definition) is 1. The maximum atomic E-state index is 12.4. The van der Waals surface area contributed by atoms with Crippen molar-refractivity contribution in [2.45, 2.75) is 38.7 Å². The molecular weight excluding hydrogens is 318 g/mol. The molecule has 1 unspecified atom stereocenters. The average molecular weight is 349 g/mol. The van der Waals surface area contributed by atoms with Crippen LogP contribution in [0.25, 0.3) is 0 Å². The fourth-order valence-corrected chi connectivity index (χ4v) is 3.67. The molecule has 2 saturated heterocycles. The fraction of sp³-hybridized carbons (Fsp3) is 0.778. The molecule has 7 heteroatoms. The van der Waals surface area contributed by atoms with Crippen LogP contribution in [0, 0.1) is 6.92 Å². The highest BCUT2D eigenvalue weighted by Crippen LogP contribution is 2.14. The monoisotopic (exact) mass is 349 g/mol. The number of anilines is 1. The first-order valence-corrected chi connectivity index (χ1v) is 9.46. The molecular formula is C18H31N5O2. The van der Waals surface area contributed by atoms with Gasteiger partial charge in [-0.3, -0.25) is 14.4 Å². The number of carbonyl (C=O) groups is 1. The molecule has 2 aliphatic rings. The van der Waals surface area contributed by atoms with Gasteiger partial charge in [-0.1, -0.05) is 6.42 Å². The lowest BCUT2D eigenvalue weighted by Crippen LogP contribution is -2.44. The number of nitrogens with zero attached hydrogens (tertiary/aromatic N) is 4. The van der Waals surface area contributed by atoms with Crippen molar-refractivity contribution in [3.63, 3.8) is 0 Å². The lowest BCUT2D eigenvalue weighted by Gasteiger charge is -2.31. The van der Waals surface area contributed by atoms with Crippen LogP contribution >= 0.6 is 0 Å². The van der Waals surface area contributed by atoms with Gasteiger partial charge >= 0.3 is 0 Å². The second kappa shape index (κ2) is 8.78. The van der Waals surface area contributed by atoms with Gasteiger partial charge in [-0.25, -0.2) is 0 Å². The predicted octanol–water partition coefficient (Wildman–Crippen LogP) is 1.24. The number of nitrogens with one attached hydrogen (secondary N) is 1. The van der Waals surface area contributed by atoms with Gasteiger partial charge in [0.25, 0.3) is 0 Å². The molecule has 2 aliphatic heterocycles. The zero-order chi connectivity index (χ0) is 17.6. The van der Waals surface area contributed by atoms with Crippen molar-refractivity contribution in [1.82, 2.24) is 19.6 Å². The van der Waals surface area contributed by atoms with Crippen molar-refractivity contribution in [3.05, 3.63) is 11.9 Å². The lowest BCUT2D eigenvalue weighted by molar-refractivity contribution is -0.117. The van der Waals surface area contributed by atoms with Crippen molar-refractivity contribution in [1.29, 1.82) is 0 Å². The summed E-state index contributed by atoms with van der Waals surface area (Å²) in [5.74, 6) is 0.0229. The minimum absolute atomic E-state index is 0.0229. The summed E-state index contributed by atoms with van der Waals surface area (Å²) in [5, 5.41) is 7.15. The third-order valence-corrected chi connectivity index (χ3v) is 5.22. The van der Waals surface area contributed by atoms with Crippen LogP contribution < -0.4 is 5.32 Å². The second-order valence-corrected chi connectivity index (χ2v) is 7.26. The highest BCUT2D eigenvalue weighted by atomic mass is 16.5. The van der Waals surface area contributed by atoms with Crippen molar-refractivity contribution < 1.29 is 9.53 Å². The van der Waals surface area contributed by atoms with Crippen LogP contribution in [-0.2, 0) is 16.6 Å². The maximum Gasteiger partial charge on any atom is 0.238 e. The first kappa shape index (κ1) is 18.4. The fourth-order valence-electron chi connectivity index (χ4n) is 3.67. The molecule has 1 aromatic heterocycles. The van der Waals surface area contributed by atoms with E-state index < -0.39 is 0 Å². The zero-order valence-electron chi connectivity index (χ0n) is 15.5. The molecule has 25 heavy (non-hydrogen) atoms. The van der Waals surface area contributed by atoms with Gasteiger partial charge in [-0.15, -0.1) is 0 Å². The van der Waals surface area contributed by atoms with E-state index in [1.165, 1.54) is 32.4 Å². The van der Waals surface area contributed by atoms with Gasteiger partial charge < -0.3 is 15.0 Å². The molecule has 0 radical (unpaired) electrons. The highest BCUT2D eigenvalue weighted by molar-refractivity contribution is 5.92. The molecule has 0 spiro atoms. The van der Waals surface area contributed by atoms with Crippen LogP contribution in [0.5, 0.6) is 0 Å². The Labute approximate surface area is 150 Å². The van der Waals surface area contributed by atoms with Crippen LogP contribution in [0.15, 0.2) is 6.20 Å². The number of likely N-dealkylation sites (tertiary alicyclic amines) is 1. The van der Waals surface area contributed by atoms with E-state index in [0.717, 1.165) is 44.0 Å². The van der Waals surface area contributed by atoms with Crippen LogP contribution in [0.4, 0.5) is 5.69 Å². The number of rotatable bonds is 5. The number of aryl methyl sites for hydroxylation is 1. The van der Waals surface area contributed by atoms with Crippen LogP contribution in [0.2, 0.25) is 0 Å². The smallest absolute Gasteiger partial charge is 0.238 e. The van der Waals surface area contributed by atoms with Gasteiger partial charge in [0.05, 0.1) is 30.2 Å². The summed E-state index contributed by atoms with van der Waals surface area (Å²) in [6.07, 6.45) is 6.83. The number of ether oxygens (including phenoxy) is 1. The van der Waals surface area contributed by atoms with Gasteiger partial charge in [0.1, 0.15) is 0 Å². The number of piperidine rings is 1. The molecule has 2 fully saturated rings. The molecule has 0 aromatic carbocycles. The quantitative estimate of drug-likeness (QED) is 0.867. The molecule has 0 aliphatic carbocycles. The van der Waals surface area contributed by atoms with Crippen LogP contribution in [0.1, 0.15) is 31.4 Å². The van der Waals surface area contributed by atoms with E-state index in [1.54, 1.807) is 10.9 Å². The Morgan fingerprint density at radius 3 is 2.72 bits per heavy atom. The van der Waals surface area contributed by atoms with Crippen molar-refractivity contribution in [2.75, 3.05) is 51.2 Å². The molecule has 0 saturated carbocycles. The van der Waals surface area contributed by atoms with Crippen molar-refractivity contribution in [2.24, 2.45) is 7.05 Å². The van der Waals surface area contributed by atoms with Gasteiger partial charge in [-0.05, 0) is 39.3 Å². The summed E-state index contributed by atoms with van der Waals surface area (Å²) in [4.78, 5) is 17.1. The summed E-state index contributed by atoms with van der Waals surface area (Å²) in [6, 6.07) is 0. The molecule has 3 heterocycles. The Bertz CT molecular complexity index is 568. The second-order valence-electron chi connectivity index (χ2n) is 7.26. The summed E-state index contributed by atoms with van der Waals surface area (Å²) >= 11 is 0. The van der Waals surface area contributed by atoms with Crippen molar-refractivity contribution in [3.8, 4) is 0 Å². The number of carbonyl (C=O) groups excluding carboxylic acids is 1. The van der Waals surface area contributed by atoms with Crippen LogP contribution in [-0.4, -0.2) is 77.5 Å². The predicted molar refractivity (Wildman–Crippen MR) is 97.7 cm³/mol. The van der Waals surface area contributed by atoms with E-state index in [9.17, 15) is 4.79 Å². The standard InChI is InChI=1S/C18H31N5O2/c1-15-17(11-19-21(15)2)20-18(24)14-23-9-6-10-25-16(13-23)12-22-7-4-3-5-8-22/h11,16H,3-10,12-14H2,1-2H3,(H,20,24). The Hall–Kier alpha value is -1.44. The first-order valence-electron chi connectivity index (χ1n) is 9.46. The third-order valence-electron chi connectivity index (χ3n) is 5.22. The first-order chi connectivity index (χ1) is 12.1. The average Bonchev–Trinajstić information content (AvgIpc) is 2.79. The summed E-state index contributed by atoms with van der Waals surface area (Å²) < 4.78 is 7.80. The Morgan fingerprint density at radius 1 is 1.24 bits per heavy atom. The maximum absolute atomic E-state index is 12.4. The van der Waals surface area contributed by atoms with E-state index in [0.29, 0.717) is 6.54 Å². The molecule has 7 nitrogen and oxygen atoms in total. The molecule has 3 rings (SSSR count). The Balaban J connectivity index is 1.50. The Morgan fingerprint density at radius 2 is 2.00 bits per heavy atom. The number of hydrogen-bond acceptors (Lipinski definition) is 5. The van der Waals surface area contributed by atoms with E-state index in [2.05, 4.69) is 20.2 Å². The zero-order valence-corrected chi connectivity index (χ0v) is 15.5. The minimum Gasteiger partial charge on any atom is -0.376 e. The molecule has 1 N–H and O–H groups in total. The van der Waals surface area contributed by atoms with Gasteiger partial charge in [0, 0.05) is 33.3 Å². The topological polar surface area (TPSA) is 62.6 Å². The van der Waals surface area contributed by atoms with Gasteiger partial charge in [0.2, 0.25) is 5.91 Å². The normalized spacial score (nSPS) is 23.4. The summed E-state index contributed by atoms with van der Waals surface area (Å²) in [5.41, 5.74) is 1.76. The number of aromatic nitrogens is 2. The van der Waals surface area contributed by atoms with Gasteiger partial charge in [-0.2, -0.15) is 5.10 Å². The molecule has 1 aromatic rings. The molecule has 0 bridgehead atoms. The SMILES string of the molecule is Cc1c(NC(=O)CN2CCCOC(CN3CCCCC3)C2)cnn1C. The van der Waals surface area contributed by atoms with Crippen LogP contribution in [0.3, 0.4) is 0 Å². The van der Waals surface area contributed by atoms with Crippen molar-refractivity contribution >= 4 is 11.6 Å². The largest absolute Gasteiger partial charge is 0.376 e. The summed E-state index contributed by atoms with van der Waals surface area (Å²) in [6.45, 7) is 8.25. The van der Waals surface area contributed by atoms with E-state index in [4.69, 9.17) is 4.74 Å².